The van der Waals surface area contributed by atoms with Crippen LogP contribution >= 0.6 is 43.6 Å². The molecule has 4 nitrogen and oxygen atoms in total. The Labute approximate surface area is 158 Å². The molecule has 1 aliphatic rings. The zero-order valence-electron chi connectivity index (χ0n) is 11.9. The molecule has 1 heterocycles. The molecule has 0 aromatic heterocycles. The smallest absolute Gasteiger partial charge is 0.264 e. The second-order valence-corrected chi connectivity index (χ2v) is 7.51. The van der Waals surface area contributed by atoms with Gasteiger partial charge in [0.1, 0.15) is 17.3 Å². The lowest BCUT2D eigenvalue weighted by atomic mass is 10.2. The van der Waals surface area contributed by atoms with Gasteiger partial charge in [0, 0.05) is 0 Å². The van der Waals surface area contributed by atoms with E-state index in [4.69, 9.17) is 0 Å². The molecule has 2 N–H and O–H groups in total. The van der Waals surface area contributed by atoms with Crippen LogP contribution in [0.5, 0.6) is 5.75 Å². The van der Waals surface area contributed by atoms with Gasteiger partial charge in [-0.2, -0.15) is 0 Å². The van der Waals surface area contributed by atoms with Crippen molar-refractivity contribution in [2.24, 2.45) is 4.99 Å². The first-order chi connectivity index (χ1) is 11.4. The van der Waals surface area contributed by atoms with E-state index in [1.807, 2.05) is 0 Å². The molecule has 0 bridgehead atoms. The highest BCUT2D eigenvalue weighted by Crippen LogP contribution is 2.35. The normalized spacial score (nSPS) is 17.5. The van der Waals surface area contributed by atoms with Crippen molar-refractivity contribution in [3.8, 4) is 5.75 Å². The SMILES string of the molecule is O=C1NC(=Nc2ccccc2F)S/C1=C\c1cc(Br)c(O)c(Br)c1. The molecule has 1 saturated heterocycles. The fourth-order valence-electron chi connectivity index (χ4n) is 1.95. The van der Waals surface area contributed by atoms with Crippen LogP contribution in [0.1, 0.15) is 5.56 Å². The van der Waals surface area contributed by atoms with Gasteiger partial charge in [0.25, 0.3) is 5.91 Å². The third-order valence-corrected chi connectivity index (χ3v) is 5.18. The number of nitrogens with one attached hydrogen (secondary N) is 1. The zero-order valence-corrected chi connectivity index (χ0v) is 15.9. The van der Waals surface area contributed by atoms with Crippen LogP contribution in [0.25, 0.3) is 6.08 Å². The molecule has 1 fully saturated rings. The van der Waals surface area contributed by atoms with E-state index in [0.717, 1.165) is 17.3 Å². The van der Waals surface area contributed by atoms with Crippen molar-refractivity contribution in [3.63, 3.8) is 0 Å². The number of carbonyl (C=O) groups excluding carboxylic acids is 1. The molecule has 1 aliphatic heterocycles. The number of hydrogen-bond donors (Lipinski definition) is 2. The summed E-state index contributed by atoms with van der Waals surface area (Å²) >= 11 is 7.61. The number of halogens is 3. The average molecular weight is 472 g/mol. The van der Waals surface area contributed by atoms with E-state index in [0.29, 0.717) is 19.0 Å². The second-order valence-electron chi connectivity index (χ2n) is 4.77. The molecule has 0 atom stereocenters. The number of amidine groups is 1. The molecule has 2 aromatic rings. The van der Waals surface area contributed by atoms with Gasteiger partial charge in [-0.1, -0.05) is 12.1 Å². The number of phenols is 1. The number of aromatic hydroxyl groups is 1. The summed E-state index contributed by atoms with van der Waals surface area (Å²) in [7, 11) is 0. The Bertz CT molecular complexity index is 876. The fraction of sp³-hybridized carbons (Fsp3) is 0. The summed E-state index contributed by atoms with van der Waals surface area (Å²) in [5, 5.41) is 12.6. The predicted molar refractivity (Wildman–Crippen MR) is 101 cm³/mol. The lowest BCUT2D eigenvalue weighted by Crippen LogP contribution is -2.19. The van der Waals surface area contributed by atoms with Crippen LogP contribution in [-0.4, -0.2) is 16.2 Å². The summed E-state index contributed by atoms with van der Waals surface area (Å²) in [6, 6.07) is 9.46. The predicted octanol–water partition coefficient (Wildman–Crippen LogP) is 4.95. The summed E-state index contributed by atoms with van der Waals surface area (Å²) in [5.41, 5.74) is 0.882. The van der Waals surface area contributed by atoms with Gasteiger partial charge in [0.2, 0.25) is 0 Å². The lowest BCUT2D eigenvalue weighted by molar-refractivity contribution is -0.115. The number of thioether (sulfide) groups is 1. The molecular formula is C16H9Br2FN2O2S. The maximum absolute atomic E-state index is 13.6. The van der Waals surface area contributed by atoms with E-state index >= 15 is 0 Å². The van der Waals surface area contributed by atoms with E-state index in [2.05, 4.69) is 42.2 Å². The minimum atomic E-state index is -0.455. The molecule has 24 heavy (non-hydrogen) atoms. The number of aliphatic imine (C=N–C) groups is 1. The highest BCUT2D eigenvalue weighted by Gasteiger charge is 2.24. The number of hydrogen-bond acceptors (Lipinski definition) is 4. The van der Waals surface area contributed by atoms with E-state index < -0.39 is 5.82 Å². The van der Waals surface area contributed by atoms with Crippen LogP contribution in [0, 0.1) is 5.82 Å². The topological polar surface area (TPSA) is 61.7 Å². The Kier molecular flexibility index (Phi) is 5.07. The summed E-state index contributed by atoms with van der Waals surface area (Å²) < 4.78 is 14.6. The molecule has 3 rings (SSSR count). The standard InChI is InChI=1S/C16H9Br2FN2O2S/c17-9-5-8(6-10(18)14(9)22)7-13-15(23)21-16(24-13)20-12-4-2-1-3-11(12)19/h1-7,22H,(H,20,21,23)/b13-7-. The van der Waals surface area contributed by atoms with Gasteiger partial charge in [-0.3, -0.25) is 4.79 Å². The van der Waals surface area contributed by atoms with Crippen LogP contribution in [0.3, 0.4) is 0 Å². The van der Waals surface area contributed by atoms with Gasteiger partial charge in [0.15, 0.2) is 5.17 Å². The van der Waals surface area contributed by atoms with Gasteiger partial charge < -0.3 is 10.4 Å². The van der Waals surface area contributed by atoms with Crippen molar-refractivity contribution >= 4 is 66.5 Å². The van der Waals surface area contributed by atoms with Gasteiger partial charge in [-0.25, -0.2) is 9.38 Å². The molecule has 122 valence electrons. The van der Waals surface area contributed by atoms with Crippen molar-refractivity contribution in [3.05, 3.63) is 61.6 Å². The molecule has 2 aromatic carbocycles. The van der Waals surface area contributed by atoms with Crippen LogP contribution in [0.2, 0.25) is 0 Å². The minimum Gasteiger partial charge on any atom is -0.506 e. The van der Waals surface area contributed by atoms with Gasteiger partial charge >= 0.3 is 0 Å². The molecule has 0 saturated carbocycles. The first kappa shape index (κ1) is 17.2. The Balaban J connectivity index is 1.89. The molecular weight excluding hydrogens is 463 g/mol. The number of para-hydroxylation sites is 1. The lowest BCUT2D eigenvalue weighted by Gasteiger charge is -2.02. The Morgan fingerprint density at radius 3 is 2.54 bits per heavy atom. The second kappa shape index (κ2) is 7.08. The van der Waals surface area contributed by atoms with E-state index in [1.165, 1.54) is 12.1 Å². The summed E-state index contributed by atoms with van der Waals surface area (Å²) in [4.78, 5) is 16.6. The molecule has 0 spiro atoms. The van der Waals surface area contributed by atoms with Crippen molar-refractivity contribution in [2.45, 2.75) is 0 Å². The molecule has 0 radical (unpaired) electrons. The Morgan fingerprint density at radius 2 is 1.88 bits per heavy atom. The third-order valence-electron chi connectivity index (χ3n) is 3.06. The number of carbonyl (C=O) groups is 1. The molecule has 0 unspecified atom stereocenters. The Morgan fingerprint density at radius 1 is 1.21 bits per heavy atom. The van der Waals surface area contributed by atoms with E-state index in [9.17, 15) is 14.3 Å². The quantitative estimate of drug-likeness (QED) is 0.609. The summed E-state index contributed by atoms with van der Waals surface area (Å²) in [6.07, 6.45) is 1.67. The third kappa shape index (κ3) is 3.71. The summed E-state index contributed by atoms with van der Waals surface area (Å²) in [6.45, 7) is 0. The number of amides is 1. The first-order valence-electron chi connectivity index (χ1n) is 6.66. The van der Waals surface area contributed by atoms with E-state index in [1.54, 1.807) is 30.3 Å². The highest BCUT2D eigenvalue weighted by atomic mass is 79.9. The molecule has 8 heteroatoms. The van der Waals surface area contributed by atoms with Crippen LogP contribution < -0.4 is 5.32 Å². The minimum absolute atomic E-state index is 0.0856. The zero-order chi connectivity index (χ0) is 17.3. The van der Waals surface area contributed by atoms with Gasteiger partial charge in [0.05, 0.1) is 13.9 Å². The largest absolute Gasteiger partial charge is 0.506 e. The fourth-order valence-corrected chi connectivity index (χ4v) is 4.01. The summed E-state index contributed by atoms with van der Waals surface area (Å²) in [5.74, 6) is -0.679. The molecule has 1 amide bonds. The number of rotatable bonds is 2. The highest BCUT2D eigenvalue weighted by molar-refractivity contribution is 9.11. The number of nitrogens with zero attached hydrogens (tertiary/aromatic N) is 1. The number of phenolic OH excluding ortho intramolecular Hbond substituents is 1. The van der Waals surface area contributed by atoms with Gasteiger partial charge in [-0.05, 0) is 79.5 Å². The first-order valence-corrected chi connectivity index (χ1v) is 9.06. The average Bonchev–Trinajstić information content (AvgIpc) is 2.87. The van der Waals surface area contributed by atoms with Crippen LogP contribution in [-0.2, 0) is 4.79 Å². The van der Waals surface area contributed by atoms with Crippen molar-refractivity contribution in [1.82, 2.24) is 5.32 Å². The Hall–Kier alpha value is -1.64. The molecule has 0 aliphatic carbocycles. The maximum Gasteiger partial charge on any atom is 0.264 e. The van der Waals surface area contributed by atoms with Crippen molar-refractivity contribution in [1.29, 1.82) is 0 Å². The van der Waals surface area contributed by atoms with Crippen molar-refractivity contribution in [2.75, 3.05) is 0 Å². The van der Waals surface area contributed by atoms with Crippen LogP contribution in [0.15, 0.2) is 55.2 Å². The maximum atomic E-state index is 13.6. The number of benzene rings is 2. The van der Waals surface area contributed by atoms with Crippen LogP contribution in [0.4, 0.5) is 10.1 Å². The van der Waals surface area contributed by atoms with E-state index in [-0.39, 0.29) is 17.3 Å². The monoisotopic (exact) mass is 470 g/mol. The van der Waals surface area contributed by atoms with Crippen molar-refractivity contribution < 1.29 is 14.3 Å². The van der Waals surface area contributed by atoms with Gasteiger partial charge in [-0.15, -0.1) is 0 Å².